The molecule has 0 aliphatic heterocycles. The molecule has 0 atom stereocenters. The topological polar surface area (TPSA) is 72.8 Å². The Morgan fingerprint density at radius 3 is 2.53 bits per heavy atom. The average Bonchev–Trinajstić information content (AvgIpc) is 2.28. The molecule has 0 aliphatic carbocycles. The number of carbonyl (C=O) groups excluding carboxylic acids is 2. The molecular weight excluding hydrogens is 200 g/mol. The zero-order chi connectivity index (χ0) is 11.4. The molecule has 0 amide bonds. The molecule has 0 fully saturated rings. The Hall–Kier alpha value is -2.04. The van der Waals surface area contributed by atoms with Crippen LogP contribution in [0, 0.1) is 0 Å². The van der Waals surface area contributed by atoms with Gasteiger partial charge in [-0.3, -0.25) is 4.79 Å². The molecule has 5 heteroatoms. The summed E-state index contributed by atoms with van der Waals surface area (Å²) >= 11 is 0. The van der Waals surface area contributed by atoms with Crippen molar-refractivity contribution in [3.05, 3.63) is 23.3 Å². The van der Waals surface area contributed by atoms with Gasteiger partial charge in [0.2, 0.25) is 0 Å². The summed E-state index contributed by atoms with van der Waals surface area (Å²) in [5.74, 6) is -0.837. The van der Waals surface area contributed by atoms with Gasteiger partial charge in [0.25, 0.3) is 0 Å². The molecular formula is C10H10O5. The first-order valence-electron chi connectivity index (χ1n) is 4.08. The lowest BCUT2D eigenvalue weighted by Gasteiger charge is -2.07. The lowest BCUT2D eigenvalue weighted by atomic mass is 10.1. The minimum atomic E-state index is -0.601. The second kappa shape index (κ2) is 4.45. The second-order valence-corrected chi connectivity index (χ2v) is 2.73. The number of esters is 1. The van der Waals surface area contributed by atoms with E-state index in [1.165, 1.54) is 26.4 Å². The maximum atomic E-state index is 11.2. The normalized spacial score (nSPS) is 9.47. The number of hydrogen-bond acceptors (Lipinski definition) is 5. The SMILES string of the molecule is COC(=O)c1cc(C=O)c(O)c(OC)c1. The summed E-state index contributed by atoms with van der Waals surface area (Å²) in [4.78, 5) is 21.8. The average molecular weight is 210 g/mol. The van der Waals surface area contributed by atoms with E-state index in [9.17, 15) is 14.7 Å². The number of phenols is 1. The van der Waals surface area contributed by atoms with Crippen LogP contribution in [0.15, 0.2) is 12.1 Å². The Morgan fingerprint density at radius 2 is 2.07 bits per heavy atom. The zero-order valence-electron chi connectivity index (χ0n) is 8.31. The number of rotatable bonds is 3. The molecule has 0 saturated carbocycles. The third kappa shape index (κ3) is 2.07. The zero-order valence-corrected chi connectivity index (χ0v) is 8.31. The van der Waals surface area contributed by atoms with Crippen LogP contribution in [0.5, 0.6) is 11.5 Å². The predicted octanol–water partition coefficient (Wildman–Crippen LogP) is 1.000. The van der Waals surface area contributed by atoms with Gasteiger partial charge in [-0.2, -0.15) is 0 Å². The first kappa shape index (κ1) is 11.0. The molecule has 1 aromatic rings. The standard InChI is InChI=1S/C10H10O5/c1-14-8-4-6(10(13)15-2)3-7(5-11)9(8)12/h3-5,12H,1-2H3. The molecule has 0 unspecified atom stereocenters. The highest BCUT2D eigenvalue weighted by molar-refractivity contribution is 5.93. The number of phenolic OH excluding ortho intramolecular Hbond substituents is 1. The number of carbonyl (C=O) groups is 2. The number of aldehydes is 1. The summed E-state index contributed by atoms with van der Waals surface area (Å²) in [7, 11) is 2.55. The molecule has 1 N–H and O–H groups in total. The van der Waals surface area contributed by atoms with Gasteiger partial charge < -0.3 is 14.6 Å². The molecule has 1 aromatic carbocycles. The third-order valence-electron chi connectivity index (χ3n) is 1.87. The molecule has 80 valence electrons. The first-order chi connectivity index (χ1) is 7.13. The van der Waals surface area contributed by atoms with E-state index in [1.54, 1.807) is 0 Å². The smallest absolute Gasteiger partial charge is 0.338 e. The van der Waals surface area contributed by atoms with Gasteiger partial charge in [0.1, 0.15) is 0 Å². The minimum Gasteiger partial charge on any atom is -0.504 e. The Labute approximate surface area is 86.2 Å². The monoisotopic (exact) mass is 210 g/mol. The fourth-order valence-electron chi connectivity index (χ4n) is 1.11. The van der Waals surface area contributed by atoms with E-state index in [2.05, 4.69) is 4.74 Å². The molecule has 5 nitrogen and oxygen atoms in total. The van der Waals surface area contributed by atoms with Crippen LogP contribution in [-0.2, 0) is 4.74 Å². The fraction of sp³-hybridized carbons (Fsp3) is 0.200. The number of aromatic hydroxyl groups is 1. The van der Waals surface area contributed by atoms with Crippen molar-refractivity contribution in [2.24, 2.45) is 0 Å². The third-order valence-corrected chi connectivity index (χ3v) is 1.87. The second-order valence-electron chi connectivity index (χ2n) is 2.73. The maximum Gasteiger partial charge on any atom is 0.338 e. The van der Waals surface area contributed by atoms with Crippen molar-refractivity contribution in [3.63, 3.8) is 0 Å². The van der Waals surface area contributed by atoms with Gasteiger partial charge in [-0.15, -0.1) is 0 Å². The van der Waals surface area contributed by atoms with Crippen molar-refractivity contribution in [3.8, 4) is 11.5 Å². The van der Waals surface area contributed by atoms with Crippen molar-refractivity contribution in [1.29, 1.82) is 0 Å². The molecule has 1 rings (SSSR count). The molecule has 0 bridgehead atoms. The van der Waals surface area contributed by atoms with Crippen LogP contribution in [0.1, 0.15) is 20.7 Å². The molecule has 0 aliphatic rings. The van der Waals surface area contributed by atoms with Crippen LogP contribution in [0.2, 0.25) is 0 Å². The van der Waals surface area contributed by atoms with Crippen LogP contribution < -0.4 is 4.74 Å². The number of hydrogen-bond donors (Lipinski definition) is 1. The molecule has 0 spiro atoms. The van der Waals surface area contributed by atoms with Gasteiger partial charge in [0.05, 0.1) is 25.3 Å². The molecule has 0 radical (unpaired) electrons. The fourth-order valence-corrected chi connectivity index (χ4v) is 1.11. The summed E-state index contributed by atoms with van der Waals surface area (Å²) < 4.78 is 9.29. The molecule has 0 saturated heterocycles. The summed E-state index contributed by atoms with van der Waals surface area (Å²) in [6.07, 6.45) is 0.435. The largest absolute Gasteiger partial charge is 0.504 e. The summed E-state index contributed by atoms with van der Waals surface area (Å²) in [6, 6.07) is 2.53. The van der Waals surface area contributed by atoms with Crippen LogP contribution in [0.3, 0.4) is 0 Å². The van der Waals surface area contributed by atoms with E-state index < -0.39 is 5.97 Å². The highest BCUT2D eigenvalue weighted by Crippen LogP contribution is 2.30. The quantitative estimate of drug-likeness (QED) is 0.595. The highest BCUT2D eigenvalue weighted by Gasteiger charge is 2.14. The van der Waals surface area contributed by atoms with E-state index in [4.69, 9.17) is 4.74 Å². The van der Waals surface area contributed by atoms with E-state index in [-0.39, 0.29) is 22.6 Å². The number of benzene rings is 1. The van der Waals surface area contributed by atoms with Crippen LogP contribution in [-0.4, -0.2) is 31.6 Å². The highest BCUT2D eigenvalue weighted by atomic mass is 16.5. The van der Waals surface area contributed by atoms with E-state index >= 15 is 0 Å². The van der Waals surface area contributed by atoms with Crippen molar-refractivity contribution >= 4 is 12.3 Å². The van der Waals surface area contributed by atoms with Crippen molar-refractivity contribution in [2.75, 3.05) is 14.2 Å². The summed E-state index contributed by atoms with van der Waals surface area (Å²) in [5.41, 5.74) is 0.129. The lowest BCUT2D eigenvalue weighted by Crippen LogP contribution is -2.03. The Morgan fingerprint density at radius 1 is 1.40 bits per heavy atom. The van der Waals surface area contributed by atoms with Crippen LogP contribution in [0.25, 0.3) is 0 Å². The van der Waals surface area contributed by atoms with Crippen LogP contribution in [0.4, 0.5) is 0 Å². The number of methoxy groups -OCH3 is 2. The van der Waals surface area contributed by atoms with Crippen molar-refractivity contribution in [2.45, 2.75) is 0 Å². The van der Waals surface area contributed by atoms with Gasteiger partial charge in [-0.1, -0.05) is 0 Å². The predicted molar refractivity (Wildman–Crippen MR) is 51.4 cm³/mol. The molecule has 0 aromatic heterocycles. The maximum absolute atomic E-state index is 11.2. The molecule has 15 heavy (non-hydrogen) atoms. The van der Waals surface area contributed by atoms with Crippen LogP contribution >= 0.6 is 0 Å². The van der Waals surface area contributed by atoms with Gasteiger partial charge in [-0.25, -0.2) is 4.79 Å². The van der Waals surface area contributed by atoms with Gasteiger partial charge in [-0.05, 0) is 12.1 Å². The Balaban J connectivity index is 3.32. The van der Waals surface area contributed by atoms with Gasteiger partial charge in [0, 0.05) is 0 Å². The first-order valence-corrected chi connectivity index (χ1v) is 4.08. The summed E-state index contributed by atoms with van der Waals surface area (Å²) in [5, 5.41) is 9.46. The Bertz CT molecular complexity index is 397. The summed E-state index contributed by atoms with van der Waals surface area (Å²) in [6.45, 7) is 0. The van der Waals surface area contributed by atoms with E-state index in [0.717, 1.165) is 0 Å². The van der Waals surface area contributed by atoms with E-state index in [1.807, 2.05) is 0 Å². The lowest BCUT2D eigenvalue weighted by molar-refractivity contribution is 0.0600. The van der Waals surface area contributed by atoms with Crippen molar-refractivity contribution < 1.29 is 24.2 Å². The molecule has 0 heterocycles. The minimum absolute atomic E-state index is 0.0187. The van der Waals surface area contributed by atoms with Gasteiger partial charge in [0.15, 0.2) is 17.8 Å². The number of ether oxygens (including phenoxy) is 2. The van der Waals surface area contributed by atoms with Gasteiger partial charge >= 0.3 is 5.97 Å². The Kier molecular flexibility index (Phi) is 3.28. The van der Waals surface area contributed by atoms with E-state index in [0.29, 0.717) is 6.29 Å². The van der Waals surface area contributed by atoms with Crippen molar-refractivity contribution in [1.82, 2.24) is 0 Å².